The molecule has 0 bridgehead atoms. The number of esters is 1. The van der Waals surface area contributed by atoms with Gasteiger partial charge in [0, 0.05) is 39.9 Å². The molecular weight excluding hydrogens is 468 g/mol. The Balaban J connectivity index is 1.47. The van der Waals surface area contributed by atoms with Crippen molar-refractivity contribution < 1.29 is 14.3 Å². The molecule has 5 nitrogen and oxygen atoms in total. The Morgan fingerprint density at radius 3 is 2.53 bits per heavy atom. The number of carbonyl (C=O) groups excluding carboxylic acids is 1. The minimum atomic E-state index is -0.298. The Hall–Kier alpha value is -3.22. The fourth-order valence-electron chi connectivity index (χ4n) is 5.19. The molecule has 1 N–H and O–H groups in total. The summed E-state index contributed by atoms with van der Waals surface area (Å²) in [4.78, 5) is 13.2. The first kappa shape index (κ1) is 24.5. The number of aryl methyl sites for hydroxylation is 2. The lowest BCUT2D eigenvalue weighted by Crippen LogP contribution is -2.36. The highest BCUT2D eigenvalue weighted by Gasteiger charge is 2.28. The second-order valence-corrected chi connectivity index (χ2v) is 10.6. The van der Waals surface area contributed by atoms with Gasteiger partial charge in [-0.3, -0.25) is 0 Å². The predicted octanol–water partition coefficient (Wildman–Crippen LogP) is 6.28. The fraction of sp³-hybridized carbons (Fsp3) is 0.300. The van der Waals surface area contributed by atoms with E-state index in [9.17, 15) is 4.79 Å². The van der Waals surface area contributed by atoms with Crippen LogP contribution in [0.5, 0.6) is 5.75 Å². The third-order valence-electron chi connectivity index (χ3n) is 7.13. The van der Waals surface area contributed by atoms with Crippen LogP contribution in [0, 0.1) is 13.8 Å². The van der Waals surface area contributed by atoms with E-state index in [4.69, 9.17) is 9.47 Å². The number of methoxy groups -OCH3 is 2. The molecule has 0 radical (unpaired) electrons. The first-order chi connectivity index (χ1) is 17.5. The van der Waals surface area contributed by atoms with Crippen molar-refractivity contribution in [3.63, 3.8) is 0 Å². The summed E-state index contributed by atoms with van der Waals surface area (Å²) in [6.45, 7) is 6.25. The first-order valence-electron chi connectivity index (χ1n) is 12.3. The topological polar surface area (TPSA) is 52.5 Å². The number of ether oxygens (including phenoxy) is 2. The van der Waals surface area contributed by atoms with Gasteiger partial charge in [0.25, 0.3) is 0 Å². The molecule has 2 unspecified atom stereocenters. The van der Waals surface area contributed by atoms with Gasteiger partial charge in [-0.25, -0.2) is 4.79 Å². The van der Waals surface area contributed by atoms with E-state index in [1.807, 2.05) is 30.0 Å². The molecule has 1 aromatic heterocycles. The summed E-state index contributed by atoms with van der Waals surface area (Å²) in [5.74, 6) is 0.933. The maximum atomic E-state index is 11.9. The SMILES string of the molecule is COC(=O)c1ccc(C2CNCCC2Sc2ccc(C)c3c2ccn3-c2ccc(OC)cc2C)cc1. The molecule has 5 rings (SSSR count). The van der Waals surface area contributed by atoms with Crippen molar-refractivity contribution in [2.45, 2.75) is 36.3 Å². The summed E-state index contributed by atoms with van der Waals surface area (Å²) in [5, 5.41) is 5.29. The molecule has 1 aliphatic rings. The number of rotatable bonds is 6. The van der Waals surface area contributed by atoms with Crippen molar-refractivity contribution >= 4 is 28.6 Å². The van der Waals surface area contributed by atoms with E-state index < -0.39 is 0 Å². The monoisotopic (exact) mass is 500 g/mol. The Labute approximate surface area is 216 Å². The number of piperidine rings is 1. The van der Waals surface area contributed by atoms with Gasteiger partial charge in [0.2, 0.25) is 0 Å². The van der Waals surface area contributed by atoms with Crippen LogP contribution < -0.4 is 10.1 Å². The summed E-state index contributed by atoms with van der Waals surface area (Å²) in [6, 6.07) is 20.9. The lowest BCUT2D eigenvalue weighted by Gasteiger charge is -2.32. The average molecular weight is 501 g/mol. The van der Waals surface area contributed by atoms with Gasteiger partial charge in [0.1, 0.15) is 5.75 Å². The van der Waals surface area contributed by atoms with Crippen LogP contribution in [0.15, 0.2) is 71.8 Å². The van der Waals surface area contributed by atoms with Crippen molar-refractivity contribution in [1.82, 2.24) is 9.88 Å². The molecule has 0 saturated carbocycles. The third kappa shape index (κ3) is 4.63. The maximum absolute atomic E-state index is 11.9. The number of nitrogens with one attached hydrogen (secondary N) is 1. The van der Waals surface area contributed by atoms with Gasteiger partial charge in [0.15, 0.2) is 0 Å². The largest absolute Gasteiger partial charge is 0.497 e. The zero-order valence-corrected chi connectivity index (χ0v) is 22.0. The van der Waals surface area contributed by atoms with Crippen LogP contribution in [0.1, 0.15) is 39.4 Å². The molecular formula is C30H32N2O3S. The van der Waals surface area contributed by atoms with Gasteiger partial charge in [-0.1, -0.05) is 18.2 Å². The van der Waals surface area contributed by atoms with E-state index >= 15 is 0 Å². The third-order valence-corrected chi connectivity index (χ3v) is 8.61. The zero-order chi connectivity index (χ0) is 25.2. The Bertz CT molecular complexity index is 1390. The van der Waals surface area contributed by atoms with Crippen LogP contribution in [0.2, 0.25) is 0 Å². The molecule has 3 aromatic carbocycles. The van der Waals surface area contributed by atoms with Crippen molar-refractivity contribution in [2.75, 3.05) is 27.3 Å². The second kappa shape index (κ2) is 10.4. The fourth-order valence-corrected chi connectivity index (χ4v) is 6.60. The molecule has 1 aliphatic heterocycles. The summed E-state index contributed by atoms with van der Waals surface area (Å²) >= 11 is 1.97. The predicted molar refractivity (Wildman–Crippen MR) is 147 cm³/mol. The number of nitrogens with zero attached hydrogens (tertiary/aromatic N) is 1. The maximum Gasteiger partial charge on any atom is 0.337 e. The molecule has 1 fully saturated rings. The minimum Gasteiger partial charge on any atom is -0.497 e. The highest BCUT2D eigenvalue weighted by Crippen LogP contribution is 2.41. The highest BCUT2D eigenvalue weighted by atomic mass is 32.2. The van der Waals surface area contributed by atoms with Gasteiger partial charge in [-0.2, -0.15) is 0 Å². The van der Waals surface area contributed by atoms with E-state index in [1.54, 1.807) is 7.11 Å². The molecule has 1 saturated heterocycles. The molecule has 2 heterocycles. The molecule has 4 aromatic rings. The molecule has 0 amide bonds. The van der Waals surface area contributed by atoms with E-state index in [0.29, 0.717) is 16.7 Å². The summed E-state index contributed by atoms with van der Waals surface area (Å²) < 4.78 is 12.6. The van der Waals surface area contributed by atoms with Gasteiger partial charge < -0.3 is 19.4 Å². The van der Waals surface area contributed by atoms with Crippen LogP contribution in [-0.4, -0.2) is 43.1 Å². The highest BCUT2D eigenvalue weighted by molar-refractivity contribution is 8.00. The van der Waals surface area contributed by atoms with Crippen molar-refractivity contribution in [2.24, 2.45) is 0 Å². The number of fused-ring (bicyclic) bond motifs is 1. The Morgan fingerprint density at radius 1 is 1.00 bits per heavy atom. The van der Waals surface area contributed by atoms with Gasteiger partial charge in [-0.15, -0.1) is 11.8 Å². The lowest BCUT2D eigenvalue weighted by molar-refractivity contribution is 0.0600. The molecule has 2 atom stereocenters. The number of thioether (sulfide) groups is 1. The smallest absolute Gasteiger partial charge is 0.337 e. The van der Waals surface area contributed by atoms with Crippen LogP contribution in [0.4, 0.5) is 0 Å². The summed E-state index contributed by atoms with van der Waals surface area (Å²) in [5.41, 5.74) is 6.70. The van der Waals surface area contributed by atoms with Crippen LogP contribution in [0.3, 0.4) is 0 Å². The normalized spacial score (nSPS) is 17.8. The van der Waals surface area contributed by atoms with Crippen LogP contribution in [-0.2, 0) is 4.74 Å². The first-order valence-corrected chi connectivity index (χ1v) is 13.2. The summed E-state index contributed by atoms with van der Waals surface area (Å²) in [6.07, 6.45) is 3.27. The number of benzene rings is 3. The van der Waals surface area contributed by atoms with Crippen LogP contribution in [0.25, 0.3) is 16.6 Å². The standard InChI is InChI=1S/C30H32N2O3S/c1-19-5-12-27(24-14-16-32(29(19)24)26-11-10-23(34-3)17-20(26)2)36-28-13-15-31-18-25(28)21-6-8-22(9-7-21)30(33)35-4/h5-12,14,16-17,25,28,31H,13,15,18H2,1-4H3. The van der Waals surface area contributed by atoms with E-state index in [0.717, 1.165) is 25.3 Å². The van der Waals surface area contributed by atoms with Gasteiger partial charge in [0.05, 0.1) is 25.3 Å². The van der Waals surface area contributed by atoms with Crippen LogP contribution >= 0.6 is 11.8 Å². The minimum absolute atomic E-state index is 0.298. The van der Waals surface area contributed by atoms with E-state index in [-0.39, 0.29) is 5.97 Å². The molecule has 0 aliphatic carbocycles. The van der Waals surface area contributed by atoms with Crippen molar-refractivity contribution in [3.05, 3.63) is 89.1 Å². The Kier molecular flexibility index (Phi) is 7.08. The quantitative estimate of drug-likeness (QED) is 0.316. The molecule has 36 heavy (non-hydrogen) atoms. The summed E-state index contributed by atoms with van der Waals surface area (Å²) in [7, 11) is 3.12. The lowest BCUT2D eigenvalue weighted by atomic mass is 9.90. The number of carbonyl (C=O) groups is 1. The van der Waals surface area contributed by atoms with E-state index in [2.05, 4.69) is 72.4 Å². The Morgan fingerprint density at radius 2 is 1.81 bits per heavy atom. The van der Waals surface area contributed by atoms with Crippen molar-refractivity contribution in [1.29, 1.82) is 0 Å². The number of hydrogen-bond donors (Lipinski definition) is 1. The molecule has 186 valence electrons. The number of hydrogen-bond acceptors (Lipinski definition) is 5. The van der Waals surface area contributed by atoms with Gasteiger partial charge in [-0.05, 0) is 86.0 Å². The second-order valence-electron chi connectivity index (χ2n) is 9.35. The molecule has 0 spiro atoms. The van der Waals surface area contributed by atoms with E-state index in [1.165, 1.54) is 45.3 Å². The average Bonchev–Trinajstić information content (AvgIpc) is 3.36. The van der Waals surface area contributed by atoms with Crippen molar-refractivity contribution in [3.8, 4) is 11.4 Å². The van der Waals surface area contributed by atoms with Gasteiger partial charge >= 0.3 is 5.97 Å². The molecule has 6 heteroatoms. The zero-order valence-electron chi connectivity index (χ0n) is 21.2. The number of aromatic nitrogens is 1.